The first kappa shape index (κ1) is 11.9. The molecular weight excluding hydrogens is 218 g/mol. The lowest BCUT2D eigenvalue weighted by molar-refractivity contribution is 0.0533. The minimum Gasteiger partial charge on any atom is -0.378 e. The number of ether oxygens (including phenoxy) is 1. The van der Waals surface area contributed by atoms with Crippen LogP contribution in [0.1, 0.15) is 5.69 Å². The van der Waals surface area contributed by atoms with E-state index in [9.17, 15) is 4.79 Å². The molecule has 0 saturated carbocycles. The van der Waals surface area contributed by atoms with Gasteiger partial charge in [-0.3, -0.25) is 4.98 Å². The monoisotopic (exact) mass is 235 g/mol. The predicted octanol–water partition coefficient (Wildman–Crippen LogP) is 0.666. The fraction of sp³-hybridized carbons (Fsp3) is 0.500. The van der Waals surface area contributed by atoms with Crippen LogP contribution in [0, 0.1) is 0 Å². The number of carbonyl (C=O) groups excluding carboxylic acids is 1. The second-order valence-corrected chi connectivity index (χ2v) is 3.90. The number of amides is 2. The number of nitrogens with zero attached hydrogens (tertiary/aromatic N) is 2. The topological polar surface area (TPSA) is 54.5 Å². The van der Waals surface area contributed by atoms with Crippen LogP contribution in [0.15, 0.2) is 24.4 Å². The highest BCUT2D eigenvalue weighted by Gasteiger charge is 2.15. The van der Waals surface area contributed by atoms with Gasteiger partial charge in [-0.25, -0.2) is 4.79 Å². The Labute approximate surface area is 101 Å². The van der Waals surface area contributed by atoms with Crippen LogP contribution in [-0.4, -0.2) is 48.8 Å². The molecule has 1 aromatic rings. The third kappa shape index (κ3) is 3.71. The van der Waals surface area contributed by atoms with Gasteiger partial charge in [-0.1, -0.05) is 6.07 Å². The normalized spacial score (nSPS) is 15.6. The van der Waals surface area contributed by atoms with Gasteiger partial charge in [-0.15, -0.1) is 0 Å². The van der Waals surface area contributed by atoms with E-state index in [-0.39, 0.29) is 6.03 Å². The van der Waals surface area contributed by atoms with Gasteiger partial charge in [0.15, 0.2) is 0 Å². The summed E-state index contributed by atoms with van der Waals surface area (Å²) < 4.78 is 5.19. The SMILES string of the molecule is O=C(NCCc1ccccn1)N1CCOCC1. The molecule has 2 heterocycles. The molecule has 5 nitrogen and oxygen atoms in total. The first-order chi connectivity index (χ1) is 8.36. The minimum atomic E-state index is -0.00997. The third-order valence-corrected chi connectivity index (χ3v) is 2.68. The predicted molar refractivity (Wildman–Crippen MR) is 63.7 cm³/mol. The Morgan fingerprint density at radius 2 is 2.24 bits per heavy atom. The van der Waals surface area contributed by atoms with Crippen molar-refractivity contribution in [1.29, 1.82) is 0 Å². The average Bonchev–Trinajstić information content (AvgIpc) is 2.41. The molecule has 0 unspecified atom stereocenters. The van der Waals surface area contributed by atoms with Crippen molar-refractivity contribution >= 4 is 6.03 Å². The fourth-order valence-electron chi connectivity index (χ4n) is 1.72. The summed E-state index contributed by atoms with van der Waals surface area (Å²) in [6.07, 6.45) is 2.52. The van der Waals surface area contributed by atoms with Gasteiger partial charge >= 0.3 is 6.03 Å². The summed E-state index contributed by atoms with van der Waals surface area (Å²) in [5, 5.41) is 2.89. The van der Waals surface area contributed by atoms with Gasteiger partial charge < -0.3 is 15.0 Å². The summed E-state index contributed by atoms with van der Waals surface area (Å²) in [4.78, 5) is 17.7. The highest BCUT2D eigenvalue weighted by Crippen LogP contribution is 1.97. The first-order valence-electron chi connectivity index (χ1n) is 5.87. The summed E-state index contributed by atoms with van der Waals surface area (Å²) in [5.74, 6) is 0. The molecule has 2 rings (SSSR count). The number of aromatic nitrogens is 1. The lowest BCUT2D eigenvalue weighted by Gasteiger charge is -2.26. The van der Waals surface area contributed by atoms with Crippen molar-refractivity contribution in [2.75, 3.05) is 32.8 Å². The molecule has 1 saturated heterocycles. The van der Waals surface area contributed by atoms with Gasteiger partial charge in [0, 0.05) is 37.9 Å². The lowest BCUT2D eigenvalue weighted by atomic mass is 10.3. The fourth-order valence-corrected chi connectivity index (χ4v) is 1.72. The van der Waals surface area contributed by atoms with Gasteiger partial charge in [0.2, 0.25) is 0 Å². The van der Waals surface area contributed by atoms with Gasteiger partial charge in [0.05, 0.1) is 13.2 Å². The van der Waals surface area contributed by atoms with Crippen LogP contribution in [-0.2, 0) is 11.2 Å². The Hall–Kier alpha value is -1.62. The largest absolute Gasteiger partial charge is 0.378 e. The second kappa shape index (κ2) is 6.20. The van der Waals surface area contributed by atoms with Crippen molar-refractivity contribution < 1.29 is 9.53 Å². The maximum absolute atomic E-state index is 11.7. The van der Waals surface area contributed by atoms with Gasteiger partial charge in [0.25, 0.3) is 0 Å². The molecule has 0 bridgehead atoms. The summed E-state index contributed by atoms with van der Waals surface area (Å²) in [7, 11) is 0. The number of hydrogen-bond acceptors (Lipinski definition) is 3. The van der Waals surface area contributed by atoms with Crippen LogP contribution in [0.5, 0.6) is 0 Å². The standard InChI is InChI=1S/C12H17N3O2/c16-12(15-7-9-17-10-8-15)14-6-4-11-3-1-2-5-13-11/h1-3,5H,4,6-10H2,(H,14,16). The Kier molecular flexibility index (Phi) is 4.32. The highest BCUT2D eigenvalue weighted by molar-refractivity contribution is 5.74. The van der Waals surface area contributed by atoms with E-state index in [0.717, 1.165) is 12.1 Å². The van der Waals surface area contributed by atoms with Crippen molar-refractivity contribution in [3.63, 3.8) is 0 Å². The number of carbonyl (C=O) groups is 1. The van der Waals surface area contributed by atoms with Crippen LogP contribution in [0.3, 0.4) is 0 Å². The molecule has 0 aliphatic carbocycles. The molecule has 17 heavy (non-hydrogen) atoms. The van der Waals surface area contributed by atoms with E-state index in [2.05, 4.69) is 10.3 Å². The lowest BCUT2D eigenvalue weighted by Crippen LogP contribution is -2.46. The second-order valence-electron chi connectivity index (χ2n) is 3.90. The number of nitrogens with one attached hydrogen (secondary N) is 1. The first-order valence-corrected chi connectivity index (χ1v) is 5.87. The minimum absolute atomic E-state index is 0.00997. The van der Waals surface area contributed by atoms with Gasteiger partial charge in [0.1, 0.15) is 0 Å². The zero-order valence-corrected chi connectivity index (χ0v) is 9.76. The highest BCUT2D eigenvalue weighted by atomic mass is 16.5. The quantitative estimate of drug-likeness (QED) is 0.837. The van der Waals surface area contributed by atoms with Crippen molar-refractivity contribution in [3.8, 4) is 0 Å². The number of hydrogen-bond donors (Lipinski definition) is 1. The molecule has 2 amide bonds. The zero-order chi connectivity index (χ0) is 11.9. The Morgan fingerprint density at radius 1 is 1.41 bits per heavy atom. The molecule has 0 spiro atoms. The van der Waals surface area contributed by atoms with Crippen LogP contribution >= 0.6 is 0 Å². The maximum atomic E-state index is 11.7. The number of rotatable bonds is 3. The molecular formula is C12H17N3O2. The van der Waals surface area contributed by atoms with E-state index in [4.69, 9.17) is 4.74 Å². The van der Waals surface area contributed by atoms with Crippen LogP contribution in [0.2, 0.25) is 0 Å². The number of pyridine rings is 1. The van der Waals surface area contributed by atoms with Gasteiger partial charge in [-0.2, -0.15) is 0 Å². The molecule has 1 aliphatic heterocycles. The van der Waals surface area contributed by atoms with Gasteiger partial charge in [-0.05, 0) is 12.1 Å². The molecule has 92 valence electrons. The van der Waals surface area contributed by atoms with E-state index in [0.29, 0.717) is 32.8 Å². The zero-order valence-electron chi connectivity index (χ0n) is 9.76. The van der Waals surface area contributed by atoms with E-state index in [1.807, 2.05) is 18.2 Å². The summed E-state index contributed by atoms with van der Waals surface area (Å²) in [6, 6.07) is 5.78. The van der Waals surface area contributed by atoms with E-state index in [1.165, 1.54) is 0 Å². The van der Waals surface area contributed by atoms with Crippen molar-refractivity contribution in [3.05, 3.63) is 30.1 Å². The molecule has 1 N–H and O–H groups in total. The molecule has 0 radical (unpaired) electrons. The molecule has 1 aliphatic rings. The molecule has 1 aromatic heterocycles. The number of morpholine rings is 1. The third-order valence-electron chi connectivity index (χ3n) is 2.68. The van der Waals surface area contributed by atoms with Crippen LogP contribution in [0.25, 0.3) is 0 Å². The van der Waals surface area contributed by atoms with Crippen LogP contribution < -0.4 is 5.32 Å². The van der Waals surface area contributed by atoms with Crippen molar-refractivity contribution in [1.82, 2.24) is 15.2 Å². The Bertz CT molecular complexity index is 350. The van der Waals surface area contributed by atoms with E-state index in [1.54, 1.807) is 11.1 Å². The molecule has 5 heteroatoms. The molecule has 0 atom stereocenters. The average molecular weight is 235 g/mol. The van der Waals surface area contributed by atoms with E-state index >= 15 is 0 Å². The summed E-state index contributed by atoms with van der Waals surface area (Å²) in [5.41, 5.74) is 0.995. The Morgan fingerprint density at radius 3 is 2.94 bits per heavy atom. The maximum Gasteiger partial charge on any atom is 0.317 e. The van der Waals surface area contributed by atoms with Crippen LogP contribution in [0.4, 0.5) is 4.79 Å². The van der Waals surface area contributed by atoms with Crippen molar-refractivity contribution in [2.45, 2.75) is 6.42 Å². The summed E-state index contributed by atoms with van der Waals surface area (Å²) in [6.45, 7) is 3.24. The van der Waals surface area contributed by atoms with Crippen molar-refractivity contribution in [2.24, 2.45) is 0 Å². The smallest absolute Gasteiger partial charge is 0.317 e. The molecule has 1 fully saturated rings. The Balaban J connectivity index is 1.69. The summed E-state index contributed by atoms with van der Waals surface area (Å²) >= 11 is 0. The van der Waals surface area contributed by atoms with E-state index < -0.39 is 0 Å². The number of urea groups is 1. The molecule has 0 aromatic carbocycles.